The fourth-order valence-corrected chi connectivity index (χ4v) is 3.17. The quantitative estimate of drug-likeness (QED) is 0.537. The van der Waals surface area contributed by atoms with E-state index in [9.17, 15) is 10.1 Å². The number of hydrogen-bond acceptors (Lipinski definition) is 4. The number of benzene rings is 2. The number of nitriles is 1. The van der Waals surface area contributed by atoms with Crippen LogP contribution < -0.4 is 4.74 Å². The highest BCUT2D eigenvalue weighted by atomic mass is 35.5. The Morgan fingerprint density at radius 3 is 2.54 bits per heavy atom. The minimum Gasteiger partial charge on any atom is -0.489 e. The van der Waals surface area contributed by atoms with Crippen molar-refractivity contribution in [2.24, 2.45) is 0 Å². The molecule has 0 unspecified atom stereocenters. The summed E-state index contributed by atoms with van der Waals surface area (Å²) in [6.45, 7) is 2.29. The number of halogens is 2. The molecule has 1 saturated heterocycles. The predicted molar refractivity (Wildman–Crippen MR) is 108 cm³/mol. The van der Waals surface area contributed by atoms with Crippen molar-refractivity contribution in [2.75, 3.05) is 26.3 Å². The Balaban J connectivity index is 1.64. The number of amides is 1. The molecule has 1 amide bonds. The molecule has 0 saturated carbocycles. The first-order valence-corrected chi connectivity index (χ1v) is 9.48. The number of carbonyl (C=O) groups is 1. The summed E-state index contributed by atoms with van der Waals surface area (Å²) in [4.78, 5) is 14.1. The molecule has 3 rings (SSSR count). The van der Waals surface area contributed by atoms with Crippen LogP contribution >= 0.6 is 23.2 Å². The zero-order valence-electron chi connectivity index (χ0n) is 15.0. The molecule has 0 spiro atoms. The van der Waals surface area contributed by atoms with Gasteiger partial charge in [-0.05, 0) is 35.9 Å². The zero-order chi connectivity index (χ0) is 19.9. The van der Waals surface area contributed by atoms with E-state index in [-0.39, 0.29) is 11.5 Å². The van der Waals surface area contributed by atoms with E-state index < -0.39 is 0 Å². The molecule has 1 aliphatic heterocycles. The first-order chi connectivity index (χ1) is 13.6. The Labute approximate surface area is 173 Å². The first-order valence-electron chi connectivity index (χ1n) is 8.72. The van der Waals surface area contributed by atoms with Crippen molar-refractivity contribution < 1.29 is 14.3 Å². The fraction of sp³-hybridized carbons (Fsp3) is 0.238. The van der Waals surface area contributed by atoms with Crippen LogP contribution in [0, 0.1) is 11.3 Å². The van der Waals surface area contributed by atoms with Crippen molar-refractivity contribution in [3.05, 3.63) is 69.2 Å². The summed E-state index contributed by atoms with van der Waals surface area (Å²) in [6, 6.07) is 14.4. The SMILES string of the molecule is N#C/C(=C\c1ccc(OCc2ccc(Cl)cc2Cl)cc1)C(=O)N1CCOCC1. The summed E-state index contributed by atoms with van der Waals surface area (Å²) >= 11 is 12.0. The second-order valence-corrected chi connectivity index (χ2v) is 7.01. The molecule has 0 bridgehead atoms. The van der Waals surface area contributed by atoms with Crippen LogP contribution in [0.5, 0.6) is 5.75 Å². The summed E-state index contributed by atoms with van der Waals surface area (Å²) in [5, 5.41) is 10.5. The van der Waals surface area contributed by atoms with E-state index in [2.05, 4.69) is 0 Å². The van der Waals surface area contributed by atoms with Crippen molar-refractivity contribution in [3.8, 4) is 11.8 Å². The molecule has 2 aromatic rings. The van der Waals surface area contributed by atoms with E-state index in [0.717, 1.165) is 11.1 Å². The lowest BCUT2D eigenvalue weighted by Crippen LogP contribution is -2.41. The van der Waals surface area contributed by atoms with Crippen molar-refractivity contribution in [1.29, 1.82) is 5.26 Å². The van der Waals surface area contributed by atoms with Gasteiger partial charge in [0.15, 0.2) is 0 Å². The number of nitrogens with zero attached hydrogens (tertiary/aromatic N) is 2. The van der Waals surface area contributed by atoms with E-state index in [1.54, 1.807) is 47.4 Å². The molecule has 0 N–H and O–H groups in total. The summed E-state index contributed by atoms with van der Waals surface area (Å²) in [7, 11) is 0. The lowest BCUT2D eigenvalue weighted by atomic mass is 10.1. The Bertz CT molecular complexity index is 914. The lowest BCUT2D eigenvalue weighted by Gasteiger charge is -2.26. The molecule has 2 aromatic carbocycles. The van der Waals surface area contributed by atoms with E-state index in [4.69, 9.17) is 32.7 Å². The third-order valence-electron chi connectivity index (χ3n) is 4.25. The molecule has 0 aromatic heterocycles. The standard InChI is InChI=1S/C21H18Cl2N2O3/c22-18-4-3-16(20(23)12-18)14-28-19-5-1-15(2-6-19)11-17(13-24)21(26)25-7-9-27-10-8-25/h1-6,11-12H,7-10,14H2/b17-11+. The number of rotatable bonds is 5. The molecular weight excluding hydrogens is 399 g/mol. The number of carbonyl (C=O) groups excluding carboxylic acids is 1. The van der Waals surface area contributed by atoms with Gasteiger partial charge >= 0.3 is 0 Å². The smallest absolute Gasteiger partial charge is 0.264 e. The Kier molecular flexibility index (Phi) is 6.94. The van der Waals surface area contributed by atoms with Crippen molar-refractivity contribution in [3.63, 3.8) is 0 Å². The third-order valence-corrected chi connectivity index (χ3v) is 4.84. The van der Waals surface area contributed by atoms with Crippen LogP contribution in [-0.2, 0) is 16.1 Å². The van der Waals surface area contributed by atoms with Gasteiger partial charge in [-0.15, -0.1) is 0 Å². The molecule has 1 fully saturated rings. The van der Waals surface area contributed by atoms with Crippen LogP contribution in [-0.4, -0.2) is 37.1 Å². The monoisotopic (exact) mass is 416 g/mol. The van der Waals surface area contributed by atoms with Crippen molar-refractivity contribution in [2.45, 2.75) is 6.61 Å². The van der Waals surface area contributed by atoms with Gasteiger partial charge in [-0.25, -0.2) is 0 Å². The average Bonchev–Trinajstić information content (AvgIpc) is 2.72. The highest BCUT2D eigenvalue weighted by Gasteiger charge is 2.20. The molecule has 1 heterocycles. The molecule has 0 atom stereocenters. The normalized spacial score (nSPS) is 14.5. The van der Waals surface area contributed by atoms with Gasteiger partial charge in [0.25, 0.3) is 5.91 Å². The van der Waals surface area contributed by atoms with E-state index in [1.807, 2.05) is 12.1 Å². The van der Waals surface area contributed by atoms with Gasteiger partial charge in [0.1, 0.15) is 24.0 Å². The van der Waals surface area contributed by atoms with Crippen LogP contribution in [0.2, 0.25) is 10.0 Å². The molecule has 0 radical (unpaired) electrons. The van der Waals surface area contributed by atoms with Gasteiger partial charge in [-0.2, -0.15) is 5.26 Å². The second-order valence-electron chi connectivity index (χ2n) is 6.17. The molecular formula is C21H18Cl2N2O3. The second kappa shape index (κ2) is 9.61. The molecule has 7 heteroatoms. The number of ether oxygens (including phenoxy) is 2. The maximum absolute atomic E-state index is 12.4. The van der Waals surface area contributed by atoms with Gasteiger partial charge in [-0.1, -0.05) is 41.4 Å². The molecule has 144 valence electrons. The van der Waals surface area contributed by atoms with Crippen molar-refractivity contribution in [1.82, 2.24) is 4.90 Å². The third kappa shape index (κ3) is 5.26. The Morgan fingerprint density at radius 2 is 1.89 bits per heavy atom. The van der Waals surface area contributed by atoms with E-state index >= 15 is 0 Å². The molecule has 28 heavy (non-hydrogen) atoms. The topological polar surface area (TPSA) is 62.6 Å². The van der Waals surface area contributed by atoms with Gasteiger partial charge < -0.3 is 14.4 Å². The minimum absolute atomic E-state index is 0.100. The van der Waals surface area contributed by atoms with Gasteiger partial charge in [-0.3, -0.25) is 4.79 Å². The summed E-state index contributed by atoms with van der Waals surface area (Å²) in [5.74, 6) is 0.379. The van der Waals surface area contributed by atoms with Crippen LogP contribution in [0.15, 0.2) is 48.0 Å². The number of hydrogen-bond donors (Lipinski definition) is 0. The molecule has 1 aliphatic rings. The fourth-order valence-electron chi connectivity index (χ4n) is 2.71. The summed E-state index contributed by atoms with van der Waals surface area (Å²) in [6.07, 6.45) is 1.58. The zero-order valence-corrected chi connectivity index (χ0v) is 16.5. The minimum atomic E-state index is -0.275. The van der Waals surface area contributed by atoms with Crippen LogP contribution in [0.3, 0.4) is 0 Å². The predicted octanol–water partition coefficient (Wildman–Crippen LogP) is 4.34. The largest absolute Gasteiger partial charge is 0.489 e. The molecule has 0 aliphatic carbocycles. The Hall–Kier alpha value is -2.52. The van der Waals surface area contributed by atoms with Crippen LogP contribution in [0.1, 0.15) is 11.1 Å². The van der Waals surface area contributed by atoms with Gasteiger partial charge in [0, 0.05) is 28.7 Å². The lowest BCUT2D eigenvalue weighted by molar-refractivity contribution is -0.130. The van der Waals surface area contributed by atoms with Crippen molar-refractivity contribution >= 4 is 35.2 Å². The Morgan fingerprint density at radius 1 is 1.18 bits per heavy atom. The van der Waals surface area contributed by atoms with Gasteiger partial charge in [0.2, 0.25) is 0 Å². The van der Waals surface area contributed by atoms with E-state index in [0.29, 0.717) is 48.7 Å². The summed E-state index contributed by atoms with van der Waals surface area (Å²) in [5.41, 5.74) is 1.68. The van der Waals surface area contributed by atoms with E-state index in [1.165, 1.54) is 0 Å². The average molecular weight is 417 g/mol. The summed E-state index contributed by atoms with van der Waals surface area (Å²) < 4.78 is 11.0. The maximum atomic E-state index is 12.4. The first kappa shape index (κ1) is 20.2. The van der Waals surface area contributed by atoms with Crippen LogP contribution in [0.4, 0.5) is 0 Å². The highest BCUT2D eigenvalue weighted by Crippen LogP contribution is 2.23. The van der Waals surface area contributed by atoms with Crippen LogP contribution in [0.25, 0.3) is 6.08 Å². The van der Waals surface area contributed by atoms with Gasteiger partial charge in [0.05, 0.1) is 13.2 Å². The number of morpholine rings is 1. The highest BCUT2D eigenvalue weighted by molar-refractivity contribution is 6.35. The maximum Gasteiger partial charge on any atom is 0.264 e. The molecule has 5 nitrogen and oxygen atoms in total.